The minimum absolute atomic E-state index is 0.130. The molecule has 148 valence electrons. The first-order chi connectivity index (χ1) is 13.1. The van der Waals surface area contributed by atoms with Gasteiger partial charge in [0.2, 0.25) is 0 Å². The number of nitrogens with two attached hydrogens (primary N) is 1. The molecule has 0 bridgehead atoms. The molecule has 28 heavy (non-hydrogen) atoms. The monoisotopic (exact) mass is 404 g/mol. The minimum Gasteiger partial charge on any atom is -0.444 e. The topological polar surface area (TPSA) is 123 Å². The number of carbonyl (C=O) groups is 2. The lowest BCUT2D eigenvalue weighted by atomic mass is 10.2. The molecule has 2 unspecified atom stereocenters. The summed E-state index contributed by atoms with van der Waals surface area (Å²) in [5, 5.41) is 3.53. The number of nitrogens with zero attached hydrogens (tertiary/aromatic N) is 4. The molecule has 1 aliphatic carbocycles. The van der Waals surface area contributed by atoms with E-state index in [0.717, 1.165) is 6.42 Å². The molecule has 0 aromatic carbocycles. The number of ether oxygens (including phenoxy) is 1. The van der Waals surface area contributed by atoms with Crippen LogP contribution >= 0.6 is 11.6 Å². The van der Waals surface area contributed by atoms with E-state index in [-0.39, 0.29) is 22.3 Å². The quantitative estimate of drug-likeness (QED) is 0.751. The van der Waals surface area contributed by atoms with Crippen LogP contribution in [0.5, 0.6) is 0 Å². The summed E-state index contributed by atoms with van der Waals surface area (Å²) in [6, 6.07) is 1.39. The van der Waals surface area contributed by atoms with Gasteiger partial charge < -0.3 is 20.7 Å². The summed E-state index contributed by atoms with van der Waals surface area (Å²) in [5.41, 5.74) is 5.49. The second kappa shape index (κ2) is 6.16. The minimum atomic E-state index is -0.640. The van der Waals surface area contributed by atoms with Gasteiger partial charge in [0.15, 0.2) is 5.82 Å². The number of halogens is 1. The van der Waals surface area contributed by atoms with Gasteiger partial charge in [0, 0.05) is 19.0 Å². The second-order valence-electron chi connectivity index (χ2n) is 8.32. The van der Waals surface area contributed by atoms with Crippen molar-refractivity contribution in [3.8, 4) is 0 Å². The highest BCUT2D eigenvalue weighted by Gasteiger charge is 2.62. The van der Waals surface area contributed by atoms with Crippen LogP contribution in [-0.2, 0) is 4.74 Å². The number of fused-ring (bicyclic) bond motifs is 2. The number of pyridine rings is 1. The number of carbonyl (C=O) groups excluding carboxylic acids is 2. The van der Waals surface area contributed by atoms with E-state index in [1.54, 1.807) is 4.90 Å². The van der Waals surface area contributed by atoms with Crippen LogP contribution in [0.1, 0.15) is 37.6 Å². The zero-order valence-electron chi connectivity index (χ0n) is 15.8. The van der Waals surface area contributed by atoms with Gasteiger partial charge in [0.25, 0.3) is 5.91 Å². The summed E-state index contributed by atoms with van der Waals surface area (Å²) in [6.07, 6.45) is 1.92. The molecule has 0 spiro atoms. The fourth-order valence-corrected chi connectivity index (χ4v) is 3.86. The summed E-state index contributed by atoms with van der Waals surface area (Å²) in [7, 11) is 0. The van der Waals surface area contributed by atoms with E-state index < -0.39 is 11.5 Å². The highest BCUT2D eigenvalue weighted by atomic mass is 35.5. The van der Waals surface area contributed by atoms with Crippen LogP contribution in [0.15, 0.2) is 12.4 Å². The summed E-state index contributed by atoms with van der Waals surface area (Å²) in [6.45, 7) is 6.64. The number of amides is 2. The third-order valence-corrected chi connectivity index (χ3v) is 5.18. The van der Waals surface area contributed by atoms with E-state index >= 15 is 0 Å². The summed E-state index contributed by atoms with van der Waals surface area (Å²) in [4.78, 5) is 38.5. The molecule has 10 heteroatoms. The predicted octanol–water partition coefficient (Wildman–Crippen LogP) is 2.20. The molecule has 2 fully saturated rings. The van der Waals surface area contributed by atoms with Crippen molar-refractivity contribution in [2.45, 2.75) is 38.3 Å². The fraction of sp³-hybridized carbons (Fsp3) is 0.500. The summed E-state index contributed by atoms with van der Waals surface area (Å²) in [5.74, 6) is 0.113. The number of hydrogen-bond donors (Lipinski definition) is 2. The molecule has 1 saturated carbocycles. The molecule has 2 aliphatic rings. The Bertz CT molecular complexity index is 991. The molecule has 4 rings (SSSR count). The van der Waals surface area contributed by atoms with E-state index in [0.29, 0.717) is 35.9 Å². The Morgan fingerprint density at radius 3 is 2.79 bits per heavy atom. The Hall–Kier alpha value is -2.68. The summed E-state index contributed by atoms with van der Waals surface area (Å²) < 4.78 is 5.47. The van der Waals surface area contributed by atoms with Crippen LogP contribution < -0.4 is 11.1 Å². The van der Waals surface area contributed by atoms with Crippen LogP contribution in [0, 0.1) is 5.92 Å². The number of rotatable bonds is 3. The van der Waals surface area contributed by atoms with Crippen molar-refractivity contribution in [1.82, 2.24) is 19.9 Å². The Morgan fingerprint density at radius 2 is 2.11 bits per heavy atom. The van der Waals surface area contributed by atoms with Crippen molar-refractivity contribution in [1.29, 1.82) is 0 Å². The Labute approximate surface area is 166 Å². The van der Waals surface area contributed by atoms with E-state index in [1.165, 1.54) is 12.4 Å². The van der Waals surface area contributed by atoms with Crippen LogP contribution in [0.2, 0.25) is 5.15 Å². The third kappa shape index (κ3) is 3.30. The smallest absolute Gasteiger partial charge is 0.410 e. The van der Waals surface area contributed by atoms with Gasteiger partial charge >= 0.3 is 6.09 Å². The lowest BCUT2D eigenvalue weighted by molar-refractivity contribution is 0.0272. The van der Waals surface area contributed by atoms with Crippen LogP contribution in [0.4, 0.5) is 10.6 Å². The number of aromatic nitrogens is 3. The van der Waals surface area contributed by atoms with Crippen molar-refractivity contribution >= 4 is 40.5 Å². The summed E-state index contributed by atoms with van der Waals surface area (Å²) >= 11 is 6.06. The highest BCUT2D eigenvalue weighted by Crippen LogP contribution is 2.52. The normalized spacial score (nSPS) is 23.4. The zero-order chi connectivity index (χ0) is 20.3. The lowest BCUT2D eigenvalue weighted by Crippen LogP contribution is -2.40. The number of piperidine rings is 1. The number of primary amides is 1. The van der Waals surface area contributed by atoms with Crippen molar-refractivity contribution in [3.63, 3.8) is 0 Å². The SMILES string of the molecule is CC(C)(C)OC(=O)N1CC2CC2(Nc2ncnc3c(C(N)=O)cc(Cl)nc23)C1. The molecule has 1 aliphatic heterocycles. The first-order valence-electron chi connectivity index (χ1n) is 8.95. The Balaban J connectivity index is 1.60. The van der Waals surface area contributed by atoms with Gasteiger partial charge in [-0.1, -0.05) is 11.6 Å². The fourth-order valence-electron chi connectivity index (χ4n) is 3.67. The van der Waals surface area contributed by atoms with E-state index in [2.05, 4.69) is 20.3 Å². The number of hydrogen-bond acceptors (Lipinski definition) is 7. The van der Waals surface area contributed by atoms with Gasteiger partial charge in [-0.25, -0.2) is 19.7 Å². The van der Waals surface area contributed by atoms with Crippen molar-refractivity contribution < 1.29 is 14.3 Å². The first-order valence-corrected chi connectivity index (χ1v) is 9.33. The van der Waals surface area contributed by atoms with Crippen molar-refractivity contribution in [3.05, 3.63) is 23.1 Å². The number of nitrogens with one attached hydrogen (secondary N) is 1. The predicted molar refractivity (Wildman–Crippen MR) is 103 cm³/mol. The molecule has 2 aromatic rings. The van der Waals surface area contributed by atoms with Crippen molar-refractivity contribution in [2.75, 3.05) is 18.4 Å². The average molecular weight is 405 g/mol. The number of anilines is 1. The zero-order valence-corrected chi connectivity index (χ0v) is 16.6. The molecule has 2 amide bonds. The maximum atomic E-state index is 12.4. The van der Waals surface area contributed by atoms with Gasteiger partial charge in [-0.3, -0.25) is 4.79 Å². The van der Waals surface area contributed by atoms with Crippen LogP contribution in [0.3, 0.4) is 0 Å². The largest absolute Gasteiger partial charge is 0.444 e. The van der Waals surface area contributed by atoms with Crippen LogP contribution in [-0.4, -0.2) is 56.1 Å². The lowest BCUT2D eigenvalue weighted by Gasteiger charge is -2.26. The van der Waals surface area contributed by atoms with Gasteiger partial charge in [0.1, 0.15) is 28.1 Å². The first kappa shape index (κ1) is 18.7. The van der Waals surface area contributed by atoms with E-state index in [4.69, 9.17) is 22.1 Å². The standard InChI is InChI=1S/C18H21ClN6O3/c1-17(2,3)28-16(27)25-6-9-5-18(9,7-25)24-15-13-12(21-8-22-15)10(14(20)26)4-11(19)23-13/h4,8-9H,5-7H2,1-3H3,(H2,20,26)(H,21,22,24). The molecule has 2 atom stereocenters. The second-order valence-corrected chi connectivity index (χ2v) is 8.71. The Kier molecular flexibility index (Phi) is 4.11. The molecule has 9 nitrogen and oxygen atoms in total. The van der Waals surface area contributed by atoms with E-state index in [1.807, 2.05) is 20.8 Å². The molecule has 3 N–H and O–H groups in total. The molecule has 0 radical (unpaired) electrons. The van der Waals surface area contributed by atoms with E-state index in [9.17, 15) is 9.59 Å². The van der Waals surface area contributed by atoms with Crippen LogP contribution in [0.25, 0.3) is 11.0 Å². The molecular weight excluding hydrogens is 384 g/mol. The van der Waals surface area contributed by atoms with Gasteiger partial charge in [-0.05, 0) is 33.3 Å². The maximum absolute atomic E-state index is 12.4. The maximum Gasteiger partial charge on any atom is 0.410 e. The molecule has 3 heterocycles. The Morgan fingerprint density at radius 1 is 1.36 bits per heavy atom. The molecular formula is C18H21ClN6O3. The van der Waals surface area contributed by atoms with Crippen molar-refractivity contribution in [2.24, 2.45) is 11.7 Å². The van der Waals surface area contributed by atoms with Gasteiger partial charge in [-0.15, -0.1) is 0 Å². The molecule has 1 saturated heterocycles. The van der Waals surface area contributed by atoms with Gasteiger partial charge in [0.05, 0.1) is 11.1 Å². The average Bonchev–Trinajstić information content (AvgIpc) is 3.12. The molecule has 2 aromatic heterocycles. The number of likely N-dealkylation sites (tertiary alicyclic amines) is 1. The third-order valence-electron chi connectivity index (χ3n) is 4.99. The van der Waals surface area contributed by atoms with Gasteiger partial charge in [-0.2, -0.15) is 0 Å². The highest BCUT2D eigenvalue weighted by molar-refractivity contribution is 6.30.